The summed E-state index contributed by atoms with van der Waals surface area (Å²) in [6.45, 7) is 8.24. The van der Waals surface area contributed by atoms with Gasteiger partial charge in [0.2, 0.25) is 5.91 Å². The molecule has 1 heterocycles. The molecule has 2 bridgehead atoms. The van der Waals surface area contributed by atoms with Crippen molar-refractivity contribution in [3.63, 3.8) is 0 Å². The van der Waals surface area contributed by atoms with E-state index in [-0.39, 0.29) is 43.6 Å². The molecule has 1 saturated heterocycles. The van der Waals surface area contributed by atoms with Gasteiger partial charge in [-0.3, -0.25) is 19.7 Å². The number of hydroxylamine groups is 2. The van der Waals surface area contributed by atoms with Crippen molar-refractivity contribution in [2.75, 3.05) is 32.7 Å². The van der Waals surface area contributed by atoms with Crippen LogP contribution in [0.3, 0.4) is 0 Å². The monoisotopic (exact) mass is 626 g/mol. The number of aliphatic hydroxyl groups is 2. The molecule has 4 aliphatic rings. The zero-order chi connectivity index (χ0) is 32.1. The minimum atomic E-state index is -0.911. The number of nitrogens with one attached hydrogen (secondary N) is 1. The molecule has 0 radical (unpaired) electrons. The van der Waals surface area contributed by atoms with Gasteiger partial charge >= 0.3 is 0 Å². The number of ether oxygens (including phenoxy) is 1. The van der Waals surface area contributed by atoms with Gasteiger partial charge in [0.25, 0.3) is 5.69 Å². The molecule has 1 aliphatic heterocycles. The highest BCUT2D eigenvalue weighted by Crippen LogP contribution is 2.61. The molecule has 11 nitrogen and oxygen atoms in total. The summed E-state index contributed by atoms with van der Waals surface area (Å²) in [5.41, 5.74) is 2.87. The van der Waals surface area contributed by atoms with Gasteiger partial charge in [-0.1, -0.05) is 46.4 Å². The number of hydrogen-bond donors (Lipinski definition) is 3. The number of nitro groups is 1. The zero-order valence-corrected chi connectivity index (χ0v) is 26.7. The number of nitro benzene ring substituents is 1. The standard InChI is InChI=1S/C33H46N4O7.CH4/c1-18-26-13-22(33(26,3)4)14-27(18)34-32(40)30-29(19(2)39)28(17-38)44-36(30)16-20-9-8-10-25(31(20)43-7)21-11-23(35(5)6)15-24(12-21)37(41)42;/h8-12,15,18-19,22,26-30,38-39H,13-14,16-17H2,1-7H3,(H,34,40);1H4/t18-,19-,22+,26-,27-,28-,29-,30-;/m0./s1. The van der Waals surface area contributed by atoms with E-state index in [0.717, 1.165) is 6.42 Å². The quantitative estimate of drug-likeness (QED) is 0.255. The largest absolute Gasteiger partial charge is 0.496 e. The Morgan fingerprint density at radius 2 is 1.98 bits per heavy atom. The maximum absolute atomic E-state index is 14.0. The van der Waals surface area contributed by atoms with E-state index in [1.165, 1.54) is 25.7 Å². The Labute approximate surface area is 266 Å². The molecule has 45 heavy (non-hydrogen) atoms. The number of hydrogen-bond acceptors (Lipinski definition) is 9. The number of anilines is 1. The number of para-hydroxylation sites is 1. The number of non-ortho nitro benzene ring substituents is 1. The van der Waals surface area contributed by atoms with Gasteiger partial charge in [-0.05, 0) is 54.6 Å². The number of rotatable bonds is 10. The highest BCUT2D eigenvalue weighted by Gasteiger charge is 2.57. The SMILES string of the molecule is C.COc1c(CN2O[C@@H](CO)[C@H]([C@H](C)O)[C@H]2C(=O)N[C@H]2C[C@H]3C[C@@H]([C@@H]2C)C3(C)C)cccc1-c1cc(N(C)C)cc([N+](=O)[O-])c1. The molecule has 0 spiro atoms. The molecule has 11 heteroatoms. The molecule has 6 rings (SSSR count). The van der Waals surface area contributed by atoms with Crippen LogP contribution in [0.15, 0.2) is 36.4 Å². The molecule has 2 aromatic rings. The van der Waals surface area contributed by atoms with E-state index >= 15 is 0 Å². The van der Waals surface area contributed by atoms with Gasteiger partial charge in [-0.2, -0.15) is 5.06 Å². The van der Waals surface area contributed by atoms with E-state index in [9.17, 15) is 25.1 Å². The maximum Gasteiger partial charge on any atom is 0.272 e. The van der Waals surface area contributed by atoms with E-state index in [2.05, 4.69) is 26.1 Å². The van der Waals surface area contributed by atoms with E-state index in [0.29, 0.717) is 45.9 Å². The van der Waals surface area contributed by atoms with Gasteiger partial charge in [0.1, 0.15) is 17.9 Å². The molecule has 8 atom stereocenters. The van der Waals surface area contributed by atoms with Crippen molar-refractivity contribution < 1.29 is 29.5 Å². The van der Waals surface area contributed by atoms with Crippen LogP contribution in [0, 0.1) is 39.2 Å². The van der Waals surface area contributed by atoms with Crippen LogP contribution in [0.1, 0.15) is 53.5 Å². The Balaban J connectivity index is 0.00000461. The second-order valence-corrected chi connectivity index (χ2v) is 13.6. The Morgan fingerprint density at radius 3 is 2.53 bits per heavy atom. The topological polar surface area (TPSA) is 138 Å². The second-order valence-electron chi connectivity index (χ2n) is 13.6. The number of benzene rings is 2. The van der Waals surface area contributed by atoms with Crippen LogP contribution in [0.5, 0.6) is 5.75 Å². The first-order chi connectivity index (χ1) is 20.8. The molecule has 0 unspecified atom stereocenters. The summed E-state index contributed by atoms with van der Waals surface area (Å²) >= 11 is 0. The maximum atomic E-state index is 14.0. The van der Waals surface area contributed by atoms with Crippen LogP contribution in [0.25, 0.3) is 11.1 Å². The predicted molar refractivity (Wildman–Crippen MR) is 174 cm³/mol. The van der Waals surface area contributed by atoms with Crippen LogP contribution in [0.2, 0.25) is 0 Å². The molecule has 3 saturated carbocycles. The Hall–Kier alpha value is -3.25. The van der Waals surface area contributed by atoms with Gasteiger partial charge < -0.3 is 25.2 Å². The summed E-state index contributed by atoms with van der Waals surface area (Å²) in [4.78, 5) is 33.3. The fraction of sp³-hybridized carbons (Fsp3) is 0.618. The third kappa shape index (κ3) is 6.27. The van der Waals surface area contributed by atoms with Crippen molar-refractivity contribution >= 4 is 17.3 Å². The minimum Gasteiger partial charge on any atom is -0.496 e. The number of methoxy groups -OCH3 is 1. The summed E-state index contributed by atoms with van der Waals surface area (Å²) in [5, 5.41) is 37.5. The average molecular weight is 627 g/mol. The third-order valence-corrected chi connectivity index (χ3v) is 10.6. The first-order valence-electron chi connectivity index (χ1n) is 15.4. The fourth-order valence-electron chi connectivity index (χ4n) is 7.94. The molecule has 248 valence electrons. The second kappa shape index (κ2) is 13.2. The van der Waals surface area contributed by atoms with Gasteiger partial charge in [0.15, 0.2) is 0 Å². The number of carbonyl (C=O) groups is 1. The number of nitrogens with zero attached hydrogens (tertiary/aromatic N) is 3. The van der Waals surface area contributed by atoms with Crippen LogP contribution in [-0.2, 0) is 16.2 Å². The lowest BCUT2D eigenvalue weighted by Crippen LogP contribution is -2.62. The number of fused-ring (bicyclic) bond motifs is 2. The lowest BCUT2D eigenvalue weighted by molar-refractivity contribution is -0.384. The average Bonchev–Trinajstić information content (AvgIpc) is 3.36. The lowest BCUT2D eigenvalue weighted by atomic mass is 9.45. The number of carbonyl (C=O) groups excluding carboxylic acids is 1. The van der Waals surface area contributed by atoms with Crippen molar-refractivity contribution in [1.29, 1.82) is 0 Å². The van der Waals surface area contributed by atoms with Crippen molar-refractivity contribution in [2.45, 2.75) is 78.8 Å². The first-order valence-corrected chi connectivity index (χ1v) is 15.4. The van der Waals surface area contributed by atoms with E-state index in [1.807, 2.05) is 38.4 Å². The lowest BCUT2D eigenvalue weighted by Gasteiger charge is -2.62. The Bertz CT molecular complexity index is 1400. The highest BCUT2D eigenvalue weighted by molar-refractivity contribution is 5.83. The summed E-state index contributed by atoms with van der Waals surface area (Å²) < 4.78 is 5.87. The molecule has 0 aromatic heterocycles. The molecular weight excluding hydrogens is 576 g/mol. The van der Waals surface area contributed by atoms with Crippen molar-refractivity contribution in [2.24, 2.45) is 29.1 Å². The number of amides is 1. The molecule has 4 fully saturated rings. The van der Waals surface area contributed by atoms with Gasteiger partial charge in [-0.25, -0.2) is 0 Å². The number of aliphatic hydroxyl groups excluding tert-OH is 2. The molecule has 2 aromatic carbocycles. The molecule has 3 aliphatic carbocycles. The molecular formula is C34H50N4O7. The highest BCUT2D eigenvalue weighted by atomic mass is 16.7. The normalized spacial score (nSPS) is 29.2. The summed E-state index contributed by atoms with van der Waals surface area (Å²) in [6, 6.07) is 9.59. The predicted octanol–water partition coefficient (Wildman–Crippen LogP) is 4.63. The van der Waals surface area contributed by atoms with Gasteiger partial charge in [0.05, 0.1) is 31.3 Å². The fourth-order valence-corrected chi connectivity index (χ4v) is 7.94. The summed E-state index contributed by atoms with van der Waals surface area (Å²) in [6.07, 6.45) is 0.432. The Morgan fingerprint density at radius 1 is 1.27 bits per heavy atom. The first kappa shape index (κ1) is 34.6. The van der Waals surface area contributed by atoms with E-state index < -0.39 is 29.1 Å². The van der Waals surface area contributed by atoms with E-state index in [1.54, 1.807) is 16.9 Å². The molecule has 1 amide bonds. The third-order valence-electron chi connectivity index (χ3n) is 10.6. The van der Waals surface area contributed by atoms with Crippen LogP contribution >= 0.6 is 0 Å². The van der Waals surface area contributed by atoms with Gasteiger partial charge in [0, 0.05) is 55.0 Å². The van der Waals surface area contributed by atoms with Crippen molar-refractivity contribution in [3.8, 4) is 16.9 Å². The van der Waals surface area contributed by atoms with E-state index in [4.69, 9.17) is 9.57 Å². The Kier molecular flexibility index (Phi) is 10.2. The summed E-state index contributed by atoms with van der Waals surface area (Å²) in [5.74, 6) is 1.05. The summed E-state index contributed by atoms with van der Waals surface area (Å²) in [7, 11) is 5.18. The van der Waals surface area contributed by atoms with Crippen molar-refractivity contribution in [3.05, 3.63) is 52.1 Å². The smallest absolute Gasteiger partial charge is 0.272 e. The molecule has 3 N–H and O–H groups in total. The van der Waals surface area contributed by atoms with Crippen LogP contribution in [-0.4, -0.2) is 78.2 Å². The zero-order valence-electron chi connectivity index (χ0n) is 26.7. The van der Waals surface area contributed by atoms with Crippen molar-refractivity contribution in [1.82, 2.24) is 10.4 Å². The van der Waals surface area contributed by atoms with Crippen LogP contribution in [0.4, 0.5) is 11.4 Å². The van der Waals surface area contributed by atoms with Gasteiger partial charge in [-0.15, -0.1) is 0 Å². The van der Waals surface area contributed by atoms with Crippen LogP contribution < -0.4 is 15.0 Å². The minimum absolute atomic E-state index is 0.